The number of esters is 1. The highest BCUT2D eigenvalue weighted by Gasteiger charge is 2.28. The molecule has 0 aliphatic rings. The molecule has 0 aromatic heterocycles. The second kappa shape index (κ2) is 20.7. The molecule has 3 atom stereocenters. The van der Waals surface area contributed by atoms with Crippen molar-refractivity contribution in [3.63, 3.8) is 0 Å². The Morgan fingerprint density at radius 1 is 0.800 bits per heavy atom. The number of amides is 1. The number of carboxylic acid groups (broad SMARTS) is 1. The third kappa shape index (κ3) is 20.4. The number of unbranched alkanes of at least 4 members (excludes halogenated alkanes) is 9. The van der Waals surface area contributed by atoms with Gasteiger partial charge in [0, 0.05) is 12.8 Å². The van der Waals surface area contributed by atoms with Gasteiger partial charge < -0.3 is 25.2 Å². The van der Waals surface area contributed by atoms with Crippen molar-refractivity contribution in [2.75, 3.05) is 19.8 Å². The van der Waals surface area contributed by atoms with Gasteiger partial charge in [0.15, 0.2) is 6.04 Å². The number of hydrogen-bond donors (Lipinski definition) is 4. The van der Waals surface area contributed by atoms with Gasteiger partial charge in [-0.2, -0.15) is 0 Å². The standard InChI is InChI=1S/C23H44NO10P/c1-3-5-7-8-9-10-11-12-13-14-21(26)24-20(23(28)29)18-34-35(30,31)33-17-19(25)16-32-22(27)15-6-4-2/h19-20,25H,3-18H2,1-2H3,(H,24,26)(H,28,29)(H,30,31). The largest absolute Gasteiger partial charge is 0.480 e. The Morgan fingerprint density at radius 2 is 1.34 bits per heavy atom. The summed E-state index contributed by atoms with van der Waals surface area (Å²) in [6.45, 7) is 2.20. The Kier molecular flexibility index (Phi) is 19.8. The van der Waals surface area contributed by atoms with Gasteiger partial charge in [0.05, 0.1) is 13.2 Å². The van der Waals surface area contributed by atoms with Gasteiger partial charge in [-0.15, -0.1) is 0 Å². The van der Waals surface area contributed by atoms with E-state index in [1.54, 1.807) is 0 Å². The van der Waals surface area contributed by atoms with Gasteiger partial charge in [-0.1, -0.05) is 71.6 Å². The van der Waals surface area contributed by atoms with E-state index in [0.29, 0.717) is 12.8 Å². The van der Waals surface area contributed by atoms with E-state index in [1.807, 2.05) is 6.92 Å². The average Bonchev–Trinajstić information content (AvgIpc) is 2.81. The summed E-state index contributed by atoms with van der Waals surface area (Å²) < 4.78 is 26.0. The van der Waals surface area contributed by atoms with Crippen LogP contribution in [0.2, 0.25) is 0 Å². The SMILES string of the molecule is CCCCCCCCCCCC(=O)NC(COP(=O)(O)OCC(O)COC(=O)CCCC)C(=O)O. The van der Waals surface area contributed by atoms with Crippen LogP contribution < -0.4 is 5.32 Å². The number of ether oxygens (including phenoxy) is 1. The zero-order valence-corrected chi connectivity index (χ0v) is 22.0. The monoisotopic (exact) mass is 525 g/mol. The van der Waals surface area contributed by atoms with Gasteiger partial charge in [0.25, 0.3) is 0 Å². The molecule has 12 heteroatoms. The summed E-state index contributed by atoms with van der Waals surface area (Å²) >= 11 is 0. The molecule has 206 valence electrons. The fourth-order valence-electron chi connectivity index (χ4n) is 3.05. The molecule has 0 aromatic rings. The number of phosphoric ester groups is 1. The van der Waals surface area contributed by atoms with Crippen molar-refractivity contribution in [1.29, 1.82) is 0 Å². The first kappa shape index (κ1) is 33.5. The molecule has 3 unspecified atom stereocenters. The number of nitrogens with one attached hydrogen (secondary N) is 1. The summed E-state index contributed by atoms with van der Waals surface area (Å²) in [5.41, 5.74) is 0. The van der Waals surface area contributed by atoms with Crippen LogP contribution in [0.3, 0.4) is 0 Å². The highest BCUT2D eigenvalue weighted by Crippen LogP contribution is 2.43. The lowest BCUT2D eigenvalue weighted by Crippen LogP contribution is -2.43. The van der Waals surface area contributed by atoms with Crippen LogP contribution >= 0.6 is 7.82 Å². The maximum atomic E-state index is 12.0. The van der Waals surface area contributed by atoms with Crippen molar-refractivity contribution < 1.29 is 47.8 Å². The van der Waals surface area contributed by atoms with Gasteiger partial charge in [-0.3, -0.25) is 18.6 Å². The number of phosphoric acid groups is 1. The minimum absolute atomic E-state index is 0.149. The van der Waals surface area contributed by atoms with Gasteiger partial charge in [0.2, 0.25) is 5.91 Å². The maximum Gasteiger partial charge on any atom is 0.472 e. The summed E-state index contributed by atoms with van der Waals surface area (Å²) in [5.74, 6) is -2.42. The molecule has 0 rings (SSSR count). The summed E-state index contributed by atoms with van der Waals surface area (Å²) in [6, 6.07) is -1.53. The molecule has 0 aliphatic heterocycles. The Bertz CT molecular complexity index is 646. The van der Waals surface area contributed by atoms with Gasteiger partial charge in [0.1, 0.15) is 12.7 Å². The third-order valence-corrected chi connectivity index (χ3v) is 6.10. The zero-order chi connectivity index (χ0) is 26.5. The summed E-state index contributed by atoms with van der Waals surface area (Å²) in [7, 11) is -4.71. The lowest BCUT2D eigenvalue weighted by molar-refractivity contribution is -0.147. The van der Waals surface area contributed by atoms with E-state index < -0.39 is 57.6 Å². The van der Waals surface area contributed by atoms with Crippen molar-refractivity contribution in [1.82, 2.24) is 5.32 Å². The molecule has 35 heavy (non-hydrogen) atoms. The minimum atomic E-state index is -4.71. The molecule has 1 amide bonds. The zero-order valence-electron chi connectivity index (χ0n) is 21.1. The summed E-state index contributed by atoms with van der Waals surface area (Å²) in [4.78, 5) is 44.5. The number of aliphatic carboxylic acids is 1. The number of carbonyl (C=O) groups excluding carboxylic acids is 2. The van der Waals surface area contributed by atoms with E-state index in [2.05, 4.69) is 21.3 Å². The molecular weight excluding hydrogens is 481 g/mol. The van der Waals surface area contributed by atoms with E-state index in [9.17, 15) is 34.1 Å². The highest BCUT2D eigenvalue weighted by atomic mass is 31.2. The number of aliphatic hydroxyl groups is 1. The predicted octanol–water partition coefficient (Wildman–Crippen LogP) is 3.70. The highest BCUT2D eigenvalue weighted by molar-refractivity contribution is 7.47. The average molecular weight is 526 g/mol. The molecule has 0 heterocycles. The number of rotatable bonds is 23. The van der Waals surface area contributed by atoms with E-state index in [4.69, 9.17) is 4.74 Å². The van der Waals surface area contributed by atoms with E-state index in [-0.39, 0.29) is 12.8 Å². The van der Waals surface area contributed by atoms with Crippen molar-refractivity contribution in [3.8, 4) is 0 Å². The first-order chi connectivity index (χ1) is 16.6. The molecule has 0 fully saturated rings. The molecule has 0 saturated heterocycles. The van der Waals surface area contributed by atoms with Gasteiger partial charge >= 0.3 is 19.8 Å². The fraction of sp³-hybridized carbons (Fsp3) is 0.870. The number of hydrogen-bond acceptors (Lipinski definition) is 8. The first-order valence-corrected chi connectivity index (χ1v) is 14.1. The topological polar surface area (TPSA) is 169 Å². The molecule has 0 radical (unpaired) electrons. The second-order valence-corrected chi connectivity index (χ2v) is 9.99. The molecular formula is C23H44NO10P. The smallest absolute Gasteiger partial charge is 0.472 e. The van der Waals surface area contributed by atoms with Crippen molar-refractivity contribution in [2.45, 2.75) is 109 Å². The van der Waals surface area contributed by atoms with Crippen LogP contribution in [0.4, 0.5) is 0 Å². The molecule has 0 aromatic carbocycles. The van der Waals surface area contributed by atoms with E-state index >= 15 is 0 Å². The Hall–Kier alpha value is -1.52. The Labute approximate surface area is 208 Å². The van der Waals surface area contributed by atoms with Crippen LogP contribution in [0, 0.1) is 0 Å². The van der Waals surface area contributed by atoms with Crippen LogP contribution in [0.15, 0.2) is 0 Å². The second-order valence-electron chi connectivity index (χ2n) is 8.54. The lowest BCUT2D eigenvalue weighted by atomic mass is 10.1. The Balaban J connectivity index is 4.16. The molecule has 11 nitrogen and oxygen atoms in total. The molecule has 0 spiro atoms. The van der Waals surface area contributed by atoms with Crippen molar-refractivity contribution >= 4 is 25.7 Å². The molecule has 0 bridgehead atoms. The van der Waals surface area contributed by atoms with Crippen LogP contribution in [0.1, 0.15) is 97.3 Å². The van der Waals surface area contributed by atoms with Crippen LogP contribution in [0.25, 0.3) is 0 Å². The molecule has 4 N–H and O–H groups in total. The number of carboxylic acids is 1. The summed E-state index contributed by atoms with van der Waals surface area (Å²) in [6.07, 6.45) is 10.2. The number of carbonyl (C=O) groups is 3. The summed E-state index contributed by atoms with van der Waals surface area (Å²) in [5, 5.41) is 21.2. The predicted molar refractivity (Wildman–Crippen MR) is 130 cm³/mol. The maximum absolute atomic E-state index is 12.0. The van der Waals surface area contributed by atoms with E-state index in [0.717, 1.165) is 25.7 Å². The van der Waals surface area contributed by atoms with Crippen LogP contribution in [-0.2, 0) is 32.7 Å². The fourth-order valence-corrected chi connectivity index (χ4v) is 3.83. The normalized spacial score (nSPS) is 14.6. The quantitative estimate of drug-likeness (QED) is 0.0876. The lowest BCUT2D eigenvalue weighted by Gasteiger charge is -2.18. The van der Waals surface area contributed by atoms with Crippen molar-refractivity contribution in [2.24, 2.45) is 0 Å². The molecule has 0 aliphatic carbocycles. The number of aliphatic hydroxyl groups excluding tert-OH is 1. The van der Waals surface area contributed by atoms with Crippen molar-refractivity contribution in [3.05, 3.63) is 0 Å². The minimum Gasteiger partial charge on any atom is -0.480 e. The Morgan fingerprint density at radius 3 is 1.91 bits per heavy atom. The van der Waals surface area contributed by atoms with E-state index in [1.165, 1.54) is 32.1 Å². The molecule has 0 saturated carbocycles. The van der Waals surface area contributed by atoms with Gasteiger partial charge in [-0.25, -0.2) is 9.36 Å². The van der Waals surface area contributed by atoms with Gasteiger partial charge in [-0.05, 0) is 12.8 Å². The first-order valence-electron chi connectivity index (χ1n) is 12.6. The third-order valence-electron chi connectivity index (χ3n) is 5.15. The van der Waals surface area contributed by atoms with Crippen LogP contribution in [-0.4, -0.2) is 64.9 Å². The van der Waals surface area contributed by atoms with Crippen LogP contribution in [0.5, 0.6) is 0 Å².